The molecule has 0 unspecified atom stereocenters. The van der Waals surface area contributed by atoms with Crippen molar-refractivity contribution < 1.29 is 4.92 Å². The van der Waals surface area contributed by atoms with Crippen molar-refractivity contribution in [2.45, 2.75) is 17.7 Å². The van der Waals surface area contributed by atoms with E-state index in [1.807, 2.05) is 12.1 Å². The number of hydrogen-bond acceptors (Lipinski definition) is 4. The Morgan fingerprint density at radius 1 is 1.37 bits per heavy atom. The van der Waals surface area contributed by atoms with E-state index in [9.17, 15) is 10.1 Å². The number of benzene rings is 1. The van der Waals surface area contributed by atoms with E-state index in [1.54, 1.807) is 25.3 Å². The van der Waals surface area contributed by atoms with Crippen LogP contribution in [0.4, 0.5) is 5.69 Å². The van der Waals surface area contributed by atoms with Crippen LogP contribution in [0.15, 0.2) is 41.6 Å². The molecule has 0 saturated carbocycles. The number of nitro benzene ring substituents is 1. The number of rotatable bonds is 4. The molecule has 0 aliphatic carbocycles. The summed E-state index contributed by atoms with van der Waals surface area (Å²) in [6.07, 6.45) is 1.59. The second-order valence-electron chi connectivity index (χ2n) is 3.92. The average molecular weight is 295 g/mol. The molecule has 1 heterocycles. The summed E-state index contributed by atoms with van der Waals surface area (Å²) in [5, 5.41) is 12.3. The molecule has 1 aromatic carbocycles. The molecule has 6 heteroatoms. The SMILES string of the molecule is Cc1c(CSc2ccc(Cl)cn2)cccc1[N+](=O)[O-]. The first-order valence-electron chi connectivity index (χ1n) is 5.55. The van der Waals surface area contributed by atoms with Gasteiger partial charge in [-0.3, -0.25) is 10.1 Å². The minimum Gasteiger partial charge on any atom is -0.258 e. The van der Waals surface area contributed by atoms with E-state index < -0.39 is 0 Å². The lowest BCUT2D eigenvalue weighted by Crippen LogP contribution is -1.95. The van der Waals surface area contributed by atoms with E-state index in [0.29, 0.717) is 16.3 Å². The normalized spacial score (nSPS) is 10.4. The minimum absolute atomic E-state index is 0.155. The largest absolute Gasteiger partial charge is 0.272 e. The number of aromatic nitrogens is 1. The van der Waals surface area contributed by atoms with E-state index in [2.05, 4.69) is 4.98 Å². The Balaban J connectivity index is 2.13. The molecule has 0 aliphatic rings. The number of hydrogen-bond donors (Lipinski definition) is 0. The van der Waals surface area contributed by atoms with Crippen molar-refractivity contribution >= 4 is 29.1 Å². The quantitative estimate of drug-likeness (QED) is 0.481. The smallest absolute Gasteiger partial charge is 0.258 e. The van der Waals surface area contributed by atoms with Gasteiger partial charge >= 0.3 is 0 Å². The van der Waals surface area contributed by atoms with Gasteiger partial charge in [0.15, 0.2) is 0 Å². The summed E-state index contributed by atoms with van der Waals surface area (Å²) in [6.45, 7) is 1.77. The Kier molecular flexibility index (Phi) is 4.39. The fourth-order valence-corrected chi connectivity index (χ4v) is 2.64. The number of thioether (sulfide) groups is 1. The van der Waals surface area contributed by atoms with Crippen molar-refractivity contribution in [3.05, 3.63) is 62.8 Å². The summed E-state index contributed by atoms with van der Waals surface area (Å²) in [5.74, 6) is 0.641. The Labute approximate surface area is 120 Å². The topological polar surface area (TPSA) is 56.0 Å². The molecule has 0 atom stereocenters. The van der Waals surface area contributed by atoms with Gasteiger partial charge < -0.3 is 0 Å². The van der Waals surface area contributed by atoms with Gasteiger partial charge in [-0.15, -0.1) is 11.8 Å². The molecule has 4 nitrogen and oxygen atoms in total. The molecule has 0 spiro atoms. The molecule has 2 rings (SSSR count). The third kappa shape index (κ3) is 3.45. The zero-order valence-corrected chi connectivity index (χ0v) is 11.7. The van der Waals surface area contributed by atoms with Gasteiger partial charge in [-0.2, -0.15) is 0 Å². The molecule has 0 bridgehead atoms. The van der Waals surface area contributed by atoms with Crippen LogP contribution in [0.2, 0.25) is 5.02 Å². The first-order chi connectivity index (χ1) is 9.08. The van der Waals surface area contributed by atoms with Crippen molar-refractivity contribution in [2.75, 3.05) is 0 Å². The standard InChI is InChI=1S/C13H11ClN2O2S/c1-9-10(3-2-4-12(9)16(17)18)8-19-13-6-5-11(14)7-15-13/h2-7H,8H2,1H3. The lowest BCUT2D eigenvalue weighted by Gasteiger charge is -2.05. The number of nitro groups is 1. The summed E-state index contributed by atoms with van der Waals surface area (Å²) < 4.78 is 0. The van der Waals surface area contributed by atoms with E-state index in [4.69, 9.17) is 11.6 Å². The van der Waals surface area contributed by atoms with Gasteiger partial charge in [0, 0.05) is 23.6 Å². The van der Waals surface area contributed by atoms with Crippen LogP contribution in [0.1, 0.15) is 11.1 Å². The summed E-state index contributed by atoms with van der Waals surface area (Å²) in [5.41, 5.74) is 1.80. The highest BCUT2D eigenvalue weighted by molar-refractivity contribution is 7.98. The number of nitrogens with zero attached hydrogens (tertiary/aromatic N) is 2. The molecular formula is C13H11ClN2O2S. The van der Waals surface area contributed by atoms with Gasteiger partial charge in [0.25, 0.3) is 5.69 Å². The molecule has 0 amide bonds. The van der Waals surface area contributed by atoms with Crippen LogP contribution in [-0.2, 0) is 5.75 Å². The van der Waals surface area contributed by atoms with Crippen LogP contribution in [0.5, 0.6) is 0 Å². The summed E-state index contributed by atoms with van der Waals surface area (Å²) in [6, 6.07) is 8.72. The molecule has 98 valence electrons. The molecule has 2 aromatic rings. The molecule has 0 N–H and O–H groups in total. The first kappa shape index (κ1) is 13.8. The molecule has 0 saturated heterocycles. The maximum absolute atomic E-state index is 10.9. The lowest BCUT2D eigenvalue weighted by molar-refractivity contribution is -0.385. The Bertz CT molecular complexity index is 602. The number of pyridine rings is 1. The highest BCUT2D eigenvalue weighted by Gasteiger charge is 2.13. The van der Waals surface area contributed by atoms with Crippen molar-refractivity contribution in [3.63, 3.8) is 0 Å². The van der Waals surface area contributed by atoms with E-state index in [1.165, 1.54) is 17.8 Å². The molecule has 19 heavy (non-hydrogen) atoms. The van der Waals surface area contributed by atoms with E-state index >= 15 is 0 Å². The van der Waals surface area contributed by atoms with Gasteiger partial charge in [0.1, 0.15) is 0 Å². The highest BCUT2D eigenvalue weighted by Crippen LogP contribution is 2.27. The van der Waals surface area contributed by atoms with Gasteiger partial charge in [-0.05, 0) is 24.6 Å². The zero-order valence-electron chi connectivity index (χ0n) is 10.2. The lowest BCUT2D eigenvalue weighted by atomic mass is 10.1. The third-order valence-corrected chi connectivity index (χ3v) is 3.91. The Morgan fingerprint density at radius 3 is 2.79 bits per heavy atom. The van der Waals surface area contributed by atoms with Crippen molar-refractivity contribution in [2.24, 2.45) is 0 Å². The van der Waals surface area contributed by atoms with Gasteiger partial charge in [-0.1, -0.05) is 23.7 Å². The molecule has 0 aliphatic heterocycles. The number of halogens is 1. The Morgan fingerprint density at radius 2 is 2.16 bits per heavy atom. The predicted molar refractivity (Wildman–Crippen MR) is 76.6 cm³/mol. The summed E-state index contributed by atoms with van der Waals surface area (Å²) in [7, 11) is 0. The molecule has 1 aromatic heterocycles. The minimum atomic E-state index is -0.357. The van der Waals surface area contributed by atoms with Crippen molar-refractivity contribution in [1.29, 1.82) is 0 Å². The third-order valence-electron chi connectivity index (χ3n) is 2.69. The average Bonchev–Trinajstić information content (AvgIpc) is 2.39. The summed E-state index contributed by atoms with van der Waals surface area (Å²) in [4.78, 5) is 14.7. The predicted octanol–water partition coefficient (Wildman–Crippen LogP) is 4.24. The van der Waals surface area contributed by atoms with E-state index in [-0.39, 0.29) is 10.6 Å². The molecular weight excluding hydrogens is 284 g/mol. The Hall–Kier alpha value is -1.59. The van der Waals surface area contributed by atoms with Crippen LogP contribution in [-0.4, -0.2) is 9.91 Å². The maximum atomic E-state index is 10.9. The van der Waals surface area contributed by atoms with Crippen LogP contribution >= 0.6 is 23.4 Å². The van der Waals surface area contributed by atoms with Crippen LogP contribution in [0.3, 0.4) is 0 Å². The highest BCUT2D eigenvalue weighted by atomic mass is 35.5. The fourth-order valence-electron chi connectivity index (χ4n) is 1.62. The van der Waals surface area contributed by atoms with Gasteiger partial charge in [0.05, 0.1) is 15.0 Å². The van der Waals surface area contributed by atoms with Crippen LogP contribution in [0, 0.1) is 17.0 Å². The molecule has 0 radical (unpaired) electrons. The second kappa shape index (κ2) is 6.04. The second-order valence-corrected chi connectivity index (χ2v) is 5.35. The van der Waals surface area contributed by atoms with Crippen molar-refractivity contribution in [3.8, 4) is 0 Å². The monoisotopic (exact) mass is 294 g/mol. The molecule has 0 fully saturated rings. The van der Waals surface area contributed by atoms with E-state index in [0.717, 1.165) is 10.6 Å². The van der Waals surface area contributed by atoms with Gasteiger partial charge in [-0.25, -0.2) is 4.98 Å². The fraction of sp³-hybridized carbons (Fsp3) is 0.154. The maximum Gasteiger partial charge on any atom is 0.272 e. The van der Waals surface area contributed by atoms with Crippen LogP contribution in [0.25, 0.3) is 0 Å². The van der Waals surface area contributed by atoms with Crippen LogP contribution < -0.4 is 0 Å². The van der Waals surface area contributed by atoms with Gasteiger partial charge in [0.2, 0.25) is 0 Å². The zero-order chi connectivity index (χ0) is 13.8. The summed E-state index contributed by atoms with van der Waals surface area (Å²) >= 11 is 7.29. The first-order valence-corrected chi connectivity index (χ1v) is 6.91. The van der Waals surface area contributed by atoms with Crippen molar-refractivity contribution in [1.82, 2.24) is 4.98 Å².